The maximum absolute atomic E-state index is 13.7. The minimum absolute atomic E-state index is 0.0418. The molecule has 0 fully saturated rings. The zero-order chi connectivity index (χ0) is 26.6. The third-order valence-corrected chi connectivity index (χ3v) is 7.63. The molecule has 1 aromatic heterocycles. The molecule has 0 unspecified atom stereocenters. The summed E-state index contributed by atoms with van der Waals surface area (Å²) in [6, 6.07) is 24.1. The van der Waals surface area contributed by atoms with Crippen LogP contribution >= 0.6 is 0 Å². The second kappa shape index (κ2) is 10.7. The van der Waals surface area contributed by atoms with Gasteiger partial charge in [0.05, 0.1) is 22.5 Å². The summed E-state index contributed by atoms with van der Waals surface area (Å²) in [4.78, 5) is 26.5. The molecule has 3 aromatic carbocycles. The first kappa shape index (κ1) is 25.6. The Morgan fingerprint density at radius 2 is 1.54 bits per heavy atom. The lowest BCUT2D eigenvalue weighted by atomic mass is 10.2. The Labute approximate surface area is 215 Å². The number of aromatic nitrogens is 2. The van der Waals surface area contributed by atoms with Crippen molar-refractivity contribution in [1.29, 1.82) is 0 Å². The van der Waals surface area contributed by atoms with Crippen molar-refractivity contribution in [2.24, 2.45) is 12.1 Å². The number of carbonyl (C=O) groups is 1. The van der Waals surface area contributed by atoms with E-state index in [1.807, 2.05) is 37.3 Å². The molecule has 0 atom stereocenters. The molecule has 4 aromatic rings. The van der Waals surface area contributed by atoms with Gasteiger partial charge >= 0.3 is 0 Å². The van der Waals surface area contributed by atoms with E-state index in [0.717, 1.165) is 15.4 Å². The number of hydrogen-bond donors (Lipinski definition) is 1. The van der Waals surface area contributed by atoms with Gasteiger partial charge in [-0.1, -0.05) is 66.2 Å². The van der Waals surface area contributed by atoms with Crippen LogP contribution in [0.4, 0.5) is 5.69 Å². The molecule has 190 valence electrons. The molecule has 0 aliphatic rings. The number of carbonyl (C=O) groups excluding carboxylic acids is 1. The molecule has 0 aliphatic heterocycles. The minimum atomic E-state index is -4.27. The number of nitrogens with one attached hydrogen (secondary N) is 1. The Morgan fingerprint density at radius 1 is 0.946 bits per heavy atom. The molecule has 0 radical (unpaired) electrons. The molecule has 1 N–H and O–H groups in total. The summed E-state index contributed by atoms with van der Waals surface area (Å²) in [6.45, 7) is 2.95. The maximum atomic E-state index is 13.7. The summed E-state index contributed by atoms with van der Waals surface area (Å²) in [5.41, 5.74) is 4.48. The van der Waals surface area contributed by atoms with Gasteiger partial charge in [0.2, 0.25) is 0 Å². The van der Waals surface area contributed by atoms with Gasteiger partial charge in [-0.05, 0) is 43.7 Å². The predicted molar refractivity (Wildman–Crippen MR) is 144 cm³/mol. The maximum Gasteiger partial charge on any atom is 0.296 e. The van der Waals surface area contributed by atoms with Crippen LogP contribution in [0.25, 0.3) is 5.69 Å². The third-order valence-electron chi connectivity index (χ3n) is 5.87. The largest absolute Gasteiger partial charge is 0.296 e. The molecule has 1 heterocycles. The van der Waals surface area contributed by atoms with Crippen molar-refractivity contribution in [2.45, 2.75) is 18.7 Å². The van der Waals surface area contributed by atoms with Gasteiger partial charge in [-0.3, -0.25) is 14.3 Å². The first-order chi connectivity index (χ1) is 17.7. The average Bonchev–Trinajstić information content (AvgIpc) is 3.12. The standard InChI is InChI=1S/C27H27N5O4S/c1-20-14-16-22(17-15-20)18-28-29-25(33)19-31(37(35,36)24-12-8-5-9-13-24)26-21(2)30(3)32(27(26)34)23-10-6-4-7-11-23/h4-18H,19H2,1-3H3,(H,29,33)/b28-18+. The van der Waals surface area contributed by atoms with E-state index in [9.17, 15) is 18.0 Å². The van der Waals surface area contributed by atoms with Crippen LogP contribution in [0.2, 0.25) is 0 Å². The van der Waals surface area contributed by atoms with Crippen molar-refractivity contribution in [2.75, 3.05) is 10.8 Å². The lowest BCUT2D eigenvalue weighted by Gasteiger charge is -2.22. The first-order valence-corrected chi connectivity index (χ1v) is 12.9. The van der Waals surface area contributed by atoms with Gasteiger partial charge in [0.25, 0.3) is 21.5 Å². The predicted octanol–water partition coefficient (Wildman–Crippen LogP) is 3.14. The number of nitrogens with zero attached hydrogens (tertiary/aromatic N) is 4. The second-order valence-electron chi connectivity index (χ2n) is 8.44. The number of amides is 1. The normalized spacial score (nSPS) is 11.5. The van der Waals surface area contributed by atoms with E-state index in [2.05, 4.69) is 10.5 Å². The number of hydrazone groups is 1. The number of hydrogen-bond acceptors (Lipinski definition) is 5. The molecule has 0 spiro atoms. The molecule has 0 bridgehead atoms. The highest BCUT2D eigenvalue weighted by Gasteiger charge is 2.33. The molecule has 4 rings (SSSR count). The van der Waals surface area contributed by atoms with Gasteiger partial charge in [0, 0.05) is 7.05 Å². The van der Waals surface area contributed by atoms with Crippen molar-refractivity contribution in [3.05, 3.63) is 112 Å². The Morgan fingerprint density at radius 3 is 2.16 bits per heavy atom. The first-order valence-electron chi connectivity index (χ1n) is 11.5. The van der Waals surface area contributed by atoms with Crippen LogP contribution in [0.1, 0.15) is 16.8 Å². The topological polar surface area (TPSA) is 106 Å². The van der Waals surface area contributed by atoms with E-state index in [-0.39, 0.29) is 10.6 Å². The fraction of sp³-hybridized carbons (Fsp3) is 0.148. The number of anilines is 1. The molecule has 10 heteroatoms. The fourth-order valence-electron chi connectivity index (χ4n) is 3.84. The summed E-state index contributed by atoms with van der Waals surface area (Å²) >= 11 is 0. The monoisotopic (exact) mass is 517 g/mol. The van der Waals surface area contributed by atoms with E-state index in [1.165, 1.54) is 23.0 Å². The van der Waals surface area contributed by atoms with Gasteiger partial charge in [0.1, 0.15) is 12.2 Å². The molecule has 37 heavy (non-hydrogen) atoms. The van der Waals surface area contributed by atoms with Gasteiger partial charge in [0.15, 0.2) is 0 Å². The summed E-state index contributed by atoms with van der Waals surface area (Å²) in [5.74, 6) is -0.697. The van der Waals surface area contributed by atoms with Crippen molar-refractivity contribution < 1.29 is 13.2 Å². The van der Waals surface area contributed by atoms with Gasteiger partial charge in [-0.15, -0.1) is 0 Å². The second-order valence-corrected chi connectivity index (χ2v) is 10.3. The van der Waals surface area contributed by atoms with Gasteiger partial charge < -0.3 is 0 Å². The van der Waals surface area contributed by atoms with Crippen molar-refractivity contribution in [3.63, 3.8) is 0 Å². The van der Waals surface area contributed by atoms with Crippen molar-refractivity contribution in [1.82, 2.24) is 14.8 Å². The zero-order valence-electron chi connectivity index (χ0n) is 20.7. The van der Waals surface area contributed by atoms with Crippen LogP contribution in [0.5, 0.6) is 0 Å². The SMILES string of the molecule is Cc1ccc(/C=N/NC(=O)CN(c2c(C)n(C)n(-c3ccccc3)c2=O)S(=O)(=O)c2ccccc2)cc1. The van der Waals surface area contributed by atoms with Crippen LogP contribution in [0, 0.1) is 13.8 Å². The highest BCUT2D eigenvalue weighted by atomic mass is 32.2. The molecule has 9 nitrogen and oxygen atoms in total. The smallest absolute Gasteiger partial charge is 0.283 e. The van der Waals surface area contributed by atoms with Crippen LogP contribution in [0.15, 0.2) is 99.7 Å². The fourth-order valence-corrected chi connectivity index (χ4v) is 5.34. The molecular formula is C27H27N5O4S. The summed E-state index contributed by atoms with van der Waals surface area (Å²) in [5, 5.41) is 3.95. The lowest BCUT2D eigenvalue weighted by Crippen LogP contribution is -2.42. The minimum Gasteiger partial charge on any atom is -0.283 e. The van der Waals surface area contributed by atoms with Crippen LogP contribution in [-0.2, 0) is 21.9 Å². The number of para-hydroxylation sites is 1. The van der Waals surface area contributed by atoms with E-state index in [4.69, 9.17) is 0 Å². The number of sulfonamides is 1. The highest BCUT2D eigenvalue weighted by molar-refractivity contribution is 7.92. The number of aryl methyl sites for hydroxylation is 1. The van der Waals surface area contributed by atoms with Gasteiger partial charge in [-0.25, -0.2) is 22.8 Å². The number of benzene rings is 3. The van der Waals surface area contributed by atoms with E-state index >= 15 is 0 Å². The van der Waals surface area contributed by atoms with E-state index in [1.54, 1.807) is 61.1 Å². The summed E-state index contributed by atoms with van der Waals surface area (Å²) in [6.07, 6.45) is 1.46. The number of rotatable bonds is 8. The van der Waals surface area contributed by atoms with E-state index < -0.39 is 28.0 Å². The third kappa shape index (κ3) is 5.39. The van der Waals surface area contributed by atoms with E-state index in [0.29, 0.717) is 11.4 Å². The van der Waals surface area contributed by atoms with Crippen molar-refractivity contribution in [3.8, 4) is 5.69 Å². The Kier molecular flexibility index (Phi) is 7.40. The molecule has 1 amide bonds. The van der Waals surface area contributed by atoms with Crippen LogP contribution < -0.4 is 15.3 Å². The summed E-state index contributed by atoms with van der Waals surface area (Å²) < 4.78 is 31.2. The molecule has 0 saturated carbocycles. The van der Waals surface area contributed by atoms with Crippen LogP contribution in [-0.4, -0.2) is 36.4 Å². The zero-order valence-corrected chi connectivity index (χ0v) is 21.5. The highest BCUT2D eigenvalue weighted by Crippen LogP contribution is 2.25. The van der Waals surface area contributed by atoms with Gasteiger partial charge in [-0.2, -0.15) is 5.10 Å². The Bertz CT molecular complexity index is 1590. The molecule has 0 aliphatic carbocycles. The summed E-state index contributed by atoms with van der Waals surface area (Å²) in [7, 11) is -2.61. The Balaban J connectivity index is 1.73. The lowest BCUT2D eigenvalue weighted by molar-refractivity contribution is -0.119. The molecular weight excluding hydrogens is 490 g/mol. The quantitative estimate of drug-likeness (QED) is 0.286. The molecule has 0 saturated heterocycles. The van der Waals surface area contributed by atoms with Crippen LogP contribution in [0.3, 0.4) is 0 Å². The van der Waals surface area contributed by atoms with Crippen molar-refractivity contribution >= 4 is 27.8 Å². The average molecular weight is 518 g/mol. The Hall–Kier alpha value is -4.44.